The molecular formula is C19H15ClF3N3O4. The van der Waals surface area contributed by atoms with E-state index in [1.54, 1.807) is 0 Å². The summed E-state index contributed by atoms with van der Waals surface area (Å²) in [6.07, 6.45) is -4.49. The smallest absolute Gasteiger partial charge is 0.437 e. The third-order valence-electron chi connectivity index (χ3n) is 4.40. The van der Waals surface area contributed by atoms with E-state index < -0.39 is 29.4 Å². The number of hydrogen-bond donors (Lipinski definition) is 2. The maximum atomic E-state index is 12.7. The second-order valence-corrected chi connectivity index (χ2v) is 6.81. The highest BCUT2D eigenvalue weighted by atomic mass is 35.5. The Morgan fingerprint density at radius 1 is 1.23 bits per heavy atom. The van der Waals surface area contributed by atoms with Crippen LogP contribution in [0.5, 0.6) is 0 Å². The third kappa shape index (κ3) is 4.55. The number of nitrogens with two attached hydrogens (primary N) is 1. The number of carboxylic acid groups (broad SMARTS) is 1. The van der Waals surface area contributed by atoms with Crippen LogP contribution in [0.4, 0.5) is 13.2 Å². The van der Waals surface area contributed by atoms with Gasteiger partial charge in [-0.15, -0.1) is 5.10 Å². The summed E-state index contributed by atoms with van der Waals surface area (Å²) in [5.74, 6) is -3.20. The Hall–Kier alpha value is -3.11. The molecule has 1 atom stereocenters. The van der Waals surface area contributed by atoms with Crippen molar-refractivity contribution < 1.29 is 27.5 Å². The van der Waals surface area contributed by atoms with Crippen LogP contribution in [0, 0.1) is 0 Å². The molecule has 0 saturated carbocycles. The Morgan fingerprint density at radius 3 is 2.47 bits per heavy atom. The molecule has 1 unspecified atom stereocenters. The minimum Gasteiger partial charge on any atom is -0.481 e. The molecule has 158 valence electrons. The lowest BCUT2D eigenvalue weighted by Gasteiger charge is -2.15. The third-order valence-corrected chi connectivity index (χ3v) is 4.63. The number of rotatable bonds is 6. The maximum absolute atomic E-state index is 12.7. The lowest BCUT2D eigenvalue weighted by Crippen LogP contribution is -2.24. The summed E-state index contributed by atoms with van der Waals surface area (Å²) < 4.78 is 44.1. The van der Waals surface area contributed by atoms with Crippen LogP contribution in [0.25, 0.3) is 11.5 Å². The summed E-state index contributed by atoms with van der Waals surface area (Å²) >= 11 is 6.00. The van der Waals surface area contributed by atoms with Crippen molar-refractivity contribution in [3.8, 4) is 11.5 Å². The van der Waals surface area contributed by atoms with Crippen LogP contribution in [0.15, 0.2) is 51.7 Å². The first-order valence-electron chi connectivity index (χ1n) is 8.57. The van der Waals surface area contributed by atoms with Gasteiger partial charge >= 0.3 is 17.9 Å². The summed E-state index contributed by atoms with van der Waals surface area (Å²) in [6, 6.07) is 8.47. The number of halogens is 4. The van der Waals surface area contributed by atoms with Crippen molar-refractivity contribution in [2.75, 3.05) is 6.54 Å². The Bertz CT molecular complexity index is 1120. The van der Waals surface area contributed by atoms with E-state index in [2.05, 4.69) is 5.10 Å². The normalized spacial score (nSPS) is 12.7. The fourth-order valence-electron chi connectivity index (χ4n) is 2.90. The Morgan fingerprint density at radius 2 is 1.90 bits per heavy atom. The molecule has 0 saturated heterocycles. The van der Waals surface area contributed by atoms with Crippen molar-refractivity contribution in [3.05, 3.63) is 74.7 Å². The summed E-state index contributed by atoms with van der Waals surface area (Å²) in [4.78, 5) is 23.7. The van der Waals surface area contributed by atoms with Crippen molar-refractivity contribution in [2.45, 2.75) is 18.6 Å². The van der Waals surface area contributed by atoms with Crippen molar-refractivity contribution >= 4 is 17.6 Å². The molecule has 2 aromatic carbocycles. The molecule has 0 aliphatic carbocycles. The van der Waals surface area contributed by atoms with E-state index in [4.69, 9.17) is 21.8 Å². The van der Waals surface area contributed by atoms with Gasteiger partial charge in [0.2, 0.25) is 5.89 Å². The van der Waals surface area contributed by atoms with Gasteiger partial charge in [-0.3, -0.25) is 4.79 Å². The van der Waals surface area contributed by atoms with Gasteiger partial charge in [-0.1, -0.05) is 17.7 Å². The standard InChI is InChI=1S/C19H15ClF3N3O4/c20-13-5-6-14(15(8-24)17(27)28)11(7-13)9-26-18(29)30-16(25-26)10-1-3-12(4-2-10)19(21,22)23/h1-7,15H,8-9,24H2,(H,27,28). The fourth-order valence-corrected chi connectivity index (χ4v) is 3.09. The molecule has 1 aromatic heterocycles. The minimum atomic E-state index is -4.49. The Labute approximate surface area is 172 Å². The summed E-state index contributed by atoms with van der Waals surface area (Å²) in [6.45, 7) is -0.336. The average molecular weight is 442 g/mol. The average Bonchev–Trinajstić information content (AvgIpc) is 3.03. The number of hydrogen-bond acceptors (Lipinski definition) is 5. The van der Waals surface area contributed by atoms with E-state index in [1.165, 1.54) is 18.2 Å². The highest BCUT2D eigenvalue weighted by Gasteiger charge is 2.30. The number of carbonyl (C=O) groups is 1. The molecule has 0 bridgehead atoms. The van der Waals surface area contributed by atoms with Gasteiger partial charge in [0.15, 0.2) is 0 Å². The van der Waals surface area contributed by atoms with Crippen LogP contribution in [0.1, 0.15) is 22.6 Å². The van der Waals surface area contributed by atoms with E-state index in [-0.39, 0.29) is 24.5 Å². The second kappa shape index (κ2) is 8.33. The quantitative estimate of drug-likeness (QED) is 0.606. The van der Waals surface area contributed by atoms with E-state index in [1.807, 2.05) is 0 Å². The molecule has 1 heterocycles. The number of benzene rings is 2. The Balaban J connectivity index is 1.95. The van der Waals surface area contributed by atoms with Crippen molar-refractivity contribution in [1.29, 1.82) is 0 Å². The monoisotopic (exact) mass is 441 g/mol. The van der Waals surface area contributed by atoms with Crippen LogP contribution in [0.3, 0.4) is 0 Å². The van der Waals surface area contributed by atoms with Gasteiger partial charge in [-0.2, -0.15) is 17.9 Å². The molecular weight excluding hydrogens is 427 g/mol. The molecule has 7 nitrogen and oxygen atoms in total. The summed E-state index contributed by atoms with van der Waals surface area (Å²) in [7, 11) is 0. The van der Waals surface area contributed by atoms with Crippen molar-refractivity contribution in [3.63, 3.8) is 0 Å². The first-order chi connectivity index (χ1) is 14.1. The van der Waals surface area contributed by atoms with Gasteiger partial charge in [0, 0.05) is 17.1 Å². The van der Waals surface area contributed by atoms with Gasteiger partial charge in [0.05, 0.1) is 18.0 Å². The van der Waals surface area contributed by atoms with E-state index >= 15 is 0 Å². The zero-order valence-electron chi connectivity index (χ0n) is 15.2. The van der Waals surface area contributed by atoms with Crippen LogP contribution in [-0.4, -0.2) is 27.4 Å². The van der Waals surface area contributed by atoms with Gasteiger partial charge in [-0.05, 0) is 47.5 Å². The molecule has 0 aliphatic rings. The lowest BCUT2D eigenvalue weighted by molar-refractivity contribution is -0.139. The number of alkyl halides is 3. The number of nitrogens with zero attached hydrogens (tertiary/aromatic N) is 2. The molecule has 0 spiro atoms. The summed E-state index contributed by atoms with van der Waals surface area (Å²) in [5.41, 5.74) is 5.65. The zero-order valence-corrected chi connectivity index (χ0v) is 15.9. The van der Waals surface area contributed by atoms with Crippen molar-refractivity contribution in [2.24, 2.45) is 5.73 Å². The van der Waals surface area contributed by atoms with E-state index in [0.717, 1.165) is 28.9 Å². The van der Waals surface area contributed by atoms with E-state index in [0.29, 0.717) is 16.1 Å². The molecule has 11 heteroatoms. The van der Waals surface area contributed by atoms with Gasteiger partial charge < -0.3 is 15.3 Å². The molecule has 3 N–H and O–H groups in total. The van der Waals surface area contributed by atoms with Crippen LogP contribution >= 0.6 is 11.6 Å². The zero-order chi connectivity index (χ0) is 22.1. The van der Waals surface area contributed by atoms with Crippen LogP contribution < -0.4 is 11.5 Å². The predicted molar refractivity (Wildman–Crippen MR) is 101 cm³/mol. The molecule has 0 fully saturated rings. The molecule has 0 amide bonds. The highest BCUT2D eigenvalue weighted by molar-refractivity contribution is 6.30. The SMILES string of the molecule is NCC(C(=O)O)c1ccc(Cl)cc1Cn1nc(-c2ccc(C(F)(F)F)cc2)oc1=O. The van der Waals surface area contributed by atoms with Gasteiger partial charge in [0.25, 0.3) is 0 Å². The molecule has 3 rings (SSSR count). The summed E-state index contributed by atoms with van der Waals surface area (Å²) in [5, 5.41) is 13.7. The van der Waals surface area contributed by atoms with Crippen molar-refractivity contribution in [1.82, 2.24) is 9.78 Å². The van der Waals surface area contributed by atoms with Gasteiger partial charge in [0.1, 0.15) is 0 Å². The topological polar surface area (TPSA) is 111 Å². The van der Waals surface area contributed by atoms with Crippen LogP contribution in [-0.2, 0) is 17.5 Å². The first kappa shape index (κ1) is 21.6. The van der Waals surface area contributed by atoms with E-state index in [9.17, 15) is 27.9 Å². The molecule has 0 radical (unpaired) electrons. The number of carboxylic acids is 1. The number of aliphatic carboxylic acids is 1. The highest BCUT2D eigenvalue weighted by Crippen LogP contribution is 2.30. The maximum Gasteiger partial charge on any atom is 0.437 e. The lowest BCUT2D eigenvalue weighted by atomic mass is 9.94. The molecule has 3 aromatic rings. The largest absolute Gasteiger partial charge is 0.481 e. The molecule has 0 aliphatic heterocycles. The van der Waals surface area contributed by atoms with Gasteiger partial charge in [-0.25, -0.2) is 4.79 Å². The fraction of sp³-hybridized carbons (Fsp3) is 0.211. The Kier molecular flexibility index (Phi) is 5.99. The number of aromatic nitrogens is 2. The second-order valence-electron chi connectivity index (χ2n) is 6.38. The van der Waals surface area contributed by atoms with Crippen LogP contribution in [0.2, 0.25) is 5.02 Å². The predicted octanol–water partition coefficient (Wildman–Crippen LogP) is 3.35. The minimum absolute atomic E-state index is 0.164. The first-order valence-corrected chi connectivity index (χ1v) is 8.94. The molecule has 30 heavy (non-hydrogen) atoms.